The van der Waals surface area contributed by atoms with Crippen LogP contribution in [0.3, 0.4) is 0 Å². The summed E-state index contributed by atoms with van der Waals surface area (Å²) in [5, 5.41) is 24.7. The van der Waals surface area contributed by atoms with Crippen molar-refractivity contribution in [3.8, 4) is 16.9 Å². The van der Waals surface area contributed by atoms with E-state index in [0.717, 1.165) is 47.1 Å². The van der Waals surface area contributed by atoms with E-state index in [-0.39, 0.29) is 35.5 Å². The molecule has 0 unspecified atom stereocenters. The zero-order chi connectivity index (χ0) is 43.6. The van der Waals surface area contributed by atoms with Gasteiger partial charge in [0.1, 0.15) is 11.9 Å². The van der Waals surface area contributed by atoms with Crippen LogP contribution >= 0.6 is 0 Å². The van der Waals surface area contributed by atoms with Crippen molar-refractivity contribution in [1.82, 2.24) is 9.88 Å². The number of para-hydroxylation sites is 1. The van der Waals surface area contributed by atoms with Gasteiger partial charge in [-0.3, -0.25) is 19.7 Å². The molecule has 5 aromatic carbocycles. The van der Waals surface area contributed by atoms with Gasteiger partial charge in [-0.05, 0) is 91.1 Å². The van der Waals surface area contributed by atoms with E-state index in [9.17, 15) is 29.4 Å². The maximum absolute atomic E-state index is 13.6. The van der Waals surface area contributed by atoms with E-state index < -0.39 is 12.2 Å². The SMILES string of the molecule is Cc1ccc(C(=O)Cc2cccc(CCCC[C@H](O)c3ccc(O)c4[nH]c(=O)ccc34)c2)cc1N(C)C(=O)CCN1CCC(OC(=O)Nc2ccccc2-c2ccccc2)CC1. The number of aromatic amines is 1. The molecule has 320 valence electrons. The Labute approximate surface area is 362 Å². The number of H-pyrrole nitrogens is 1. The molecule has 1 atom stereocenters. The Morgan fingerprint density at radius 3 is 2.44 bits per heavy atom. The van der Waals surface area contributed by atoms with Crippen LogP contribution < -0.4 is 15.8 Å². The zero-order valence-electron chi connectivity index (χ0n) is 35.3. The van der Waals surface area contributed by atoms with Crippen LogP contribution in [0.4, 0.5) is 16.2 Å². The molecule has 1 fully saturated rings. The monoisotopic (exact) mass is 834 g/mol. The van der Waals surface area contributed by atoms with Gasteiger partial charge in [-0.15, -0.1) is 0 Å². The van der Waals surface area contributed by atoms with Crippen LogP contribution in [0.5, 0.6) is 5.75 Å². The van der Waals surface area contributed by atoms with Crippen molar-refractivity contribution in [3.05, 3.63) is 159 Å². The lowest BCUT2D eigenvalue weighted by molar-refractivity contribution is -0.118. The Balaban J connectivity index is 0.848. The number of phenols is 1. The van der Waals surface area contributed by atoms with E-state index in [2.05, 4.69) is 21.3 Å². The molecule has 0 saturated carbocycles. The molecule has 1 aromatic heterocycles. The summed E-state index contributed by atoms with van der Waals surface area (Å²) < 4.78 is 5.80. The molecule has 6 aromatic rings. The van der Waals surface area contributed by atoms with E-state index in [1.54, 1.807) is 24.1 Å². The maximum atomic E-state index is 13.6. The largest absolute Gasteiger partial charge is 0.506 e. The number of aromatic nitrogens is 1. The van der Waals surface area contributed by atoms with Crippen molar-refractivity contribution >= 4 is 40.1 Å². The number of likely N-dealkylation sites (tertiary alicyclic amines) is 1. The molecular weight excluding hydrogens is 781 g/mol. The van der Waals surface area contributed by atoms with Crippen LogP contribution in [0.15, 0.2) is 126 Å². The quantitative estimate of drug-likeness (QED) is 0.0557. The molecule has 11 nitrogen and oxygen atoms in total. The third kappa shape index (κ3) is 11.0. The van der Waals surface area contributed by atoms with Crippen LogP contribution in [-0.4, -0.2) is 70.7 Å². The minimum absolute atomic E-state index is 0.0333. The predicted molar refractivity (Wildman–Crippen MR) is 244 cm³/mol. The second-order valence-electron chi connectivity index (χ2n) is 16.2. The molecule has 1 aliphatic rings. The molecule has 11 heteroatoms. The second-order valence-corrected chi connectivity index (χ2v) is 16.2. The molecule has 1 aliphatic heterocycles. The fourth-order valence-electron chi connectivity index (χ4n) is 8.26. The fourth-order valence-corrected chi connectivity index (χ4v) is 8.26. The second kappa shape index (κ2) is 20.3. The van der Waals surface area contributed by atoms with Crippen molar-refractivity contribution in [2.75, 3.05) is 36.9 Å². The number of nitrogens with one attached hydrogen (secondary N) is 2. The minimum atomic E-state index is -0.747. The first kappa shape index (κ1) is 43.5. The summed E-state index contributed by atoms with van der Waals surface area (Å²) >= 11 is 0. The van der Waals surface area contributed by atoms with Gasteiger partial charge < -0.3 is 29.7 Å². The van der Waals surface area contributed by atoms with Crippen molar-refractivity contribution < 1.29 is 29.3 Å². The number of carbonyl (C=O) groups is 3. The number of aliphatic hydroxyl groups is 1. The molecule has 7 rings (SSSR count). The summed E-state index contributed by atoms with van der Waals surface area (Å²) in [6.45, 7) is 3.95. The molecule has 1 saturated heterocycles. The number of aliphatic hydroxyl groups excluding tert-OH is 1. The summed E-state index contributed by atoms with van der Waals surface area (Å²) in [7, 11) is 1.75. The highest BCUT2D eigenvalue weighted by molar-refractivity contribution is 6.00. The molecule has 0 radical (unpaired) electrons. The number of benzene rings is 5. The van der Waals surface area contributed by atoms with Crippen LogP contribution in [0.1, 0.15) is 77.2 Å². The van der Waals surface area contributed by atoms with E-state index in [4.69, 9.17) is 4.74 Å². The van der Waals surface area contributed by atoms with Crippen LogP contribution in [0.25, 0.3) is 22.0 Å². The third-order valence-corrected chi connectivity index (χ3v) is 11.8. The average Bonchev–Trinajstić information content (AvgIpc) is 3.28. The number of aryl methyl sites for hydroxylation is 2. The number of phenolic OH excluding ortho intramolecular Hbond substituents is 1. The smallest absolute Gasteiger partial charge is 0.411 e. The summed E-state index contributed by atoms with van der Waals surface area (Å²) in [5.41, 5.74) is 7.46. The van der Waals surface area contributed by atoms with Gasteiger partial charge in [-0.1, -0.05) is 97.4 Å². The Morgan fingerprint density at radius 2 is 1.63 bits per heavy atom. The first-order valence-corrected chi connectivity index (χ1v) is 21.4. The number of unbranched alkanes of at least 4 members (excludes halogenated alkanes) is 1. The highest BCUT2D eigenvalue weighted by Gasteiger charge is 2.24. The Bertz CT molecular complexity index is 2580. The molecule has 0 spiro atoms. The lowest BCUT2D eigenvalue weighted by Gasteiger charge is -2.32. The van der Waals surface area contributed by atoms with E-state index in [1.807, 2.05) is 97.9 Å². The average molecular weight is 835 g/mol. The van der Waals surface area contributed by atoms with Crippen molar-refractivity contribution in [1.29, 1.82) is 0 Å². The first-order valence-electron chi connectivity index (χ1n) is 21.4. The van der Waals surface area contributed by atoms with Gasteiger partial charge in [0.25, 0.3) is 0 Å². The first-order chi connectivity index (χ1) is 30.0. The summed E-state index contributed by atoms with van der Waals surface area (Å²) in [4.78, 5) is 58.2. The normalized spacial score (nSPS) is 13.7. The van der Waals surface area contributed by atoms with E-state index >= 15 is 0 Å². The molecule has 0 bridgehead atoms. The lowest BCUT2D eigenvalue weighted by atomic mass is 9.96. The number of carbonyl (C=O) groups excluding carboxylic acids is 3. The number of aromatic hydroxyl groups is 1. The number of piperidine rings is 1. The highest BCUT2D eigenvalue weighted by Crippen LogP contribution is 2.32. The van der Waals surface area contributed by atoms with Gasteiger partial charge in [0.2, 0.25) is 11.5 Å². The Morgan fingerprint density at radius 1 is 0.871 bits per heavy atom. The molecule has 2 amide bonds. The van der Waals surface area contributed by atoms with E-state index in [0.29, 0.717) is 78.7 Å². The summed E-state index contributed by atoms with van der Waals surface area (Å²) in [6, 6.07) is 37.3. The number of ether oxygens (including phenoxy) is 1. The number of nitrogens with zero attached hydrogens (tertiary/aromatic N) is 2. The van der Waals surface area contributed by atoms with Gasteiger partial charge in [0, 0.05) is 67.8 Å². The van der Waals surface area contributed by atoms with E-state index in [1.165, 1.54) is 12.1 Å². The van der Waals surface area contributed by atoms with Crippen LogP contribution in [0.2, 0.25) is 0 Å². The number of rotatable bonds is 16. The lowest BCUT2D eigenvalue weighted by Crippen LogP contribution is -2.40. The summed E-state index contributed by atoms with van der Waals surface area (Å²) in [6.07, 6.45) is 3.37. The minimum Gasteiger partial charge on any atom is -0.506 e. The third-order valence-electron chi connectivity index (χ3n) is 11.8. The van der Waals surface area contributed by atoms with Crippen LogP contribution in [0, 0.1) is 6.92 Å². The number of amides is 2. The van der Waals surface area contributed by atoms with Crippen LogP contribution in [-0.2, 0) is 22.4 Å². The predicted octanol–water partition coefficient (Wildman–Crippen LogP) is 9.15. The Kier molecular flexibility index (Phi) is 14.3. The molecule has 62 heavy (non-hydrogen) atoms. The number of hydrogen-bond acceptors (Lipinski definition) is 8. The van der Waals surface area contributed by atoms with Gasteiger partial charge >= 0.3 is 6.09 Å². The topological polar surface area (TPSA) is 152 Å². The van der Waals surface area contributed by atoms with Gasteiger partial charge in [0.15, 0.2) is 5.78 Å². The van der Waals surface area contributed by atoms with Crippen molar-refractivity contribution in [2.24, 2.45) is 0 Å². The molecule has 0 aliphatic carbocycles. The molecular formula is C51H54N4O7. The number of anilines is 2. The van der Waals surface area contributed by atoms with Gasteiger partial charge in [-0.25, -0.2) is 4.79 Å². The summed E-state index contributed by atoms with van der Waals surface area (Å²) in [5.74, 6) is -0.110. The number of Topliss-reactive ketones (excluding diaryl/α,β-unsaturated/α-hetero) is 1. The van der Waals surface area contributed by atoms with Crippen molar-refractivity contribution in [3.63, 3.8) is 0 Å². The number of hydrogen-bond donors (Lipinski definition) is 4. The fraction of sp³-hybridized carbons (Fsp3) is 0.294. The number of pyridine rings is 1. The van der Waals surface area contributed by atoms with Crippen molar-refractivity contribution in [2.45, 2.75) is 70.5 Å². The van der Waals surface area contributed by atoms with Gasteiger partial charge in [0.05, 0.1) is 17.3 Å². The number of fused-ring (bicyclic) bond motifs is 1. The Hall–Kier alpha value is -6.56. The number of ketones is 1. The van der Waals surface area contributed by atoms with Gasteiger partial charge in [-0.2, -0.15) is 0 Å². The zero-order valence-corrected chi connectivity index (χ0v) is 35.3. The highest BCUT2D eigenvalue weighted by atomic mass is 16.6. The molecule has 4 N–H and O–H groups in total. The standard InChI is InChI=1S/C51H54N4O7/c1-34-19-20-38(47(58)32-36-13-10-12-35(31-36)11-6-9-18-45(56)41-21-23-46(57)50-42(41)22-24-48(59)53-50)33-44(34)54(2)49(60)27-30-55-28-25-39(26-29-55)62-51(61)52-43-17-8-7-16-40(43)37-14-4-3-5-15-37/h3-5,7-8,10,12-17,19-24,31,33,39,45,56-57H,6,9,11,18,25-30,32H2,1-2H3,(H,52,61)(H,53,59)/t45-/m0/s1. The molecule has 2 heterocycles. The maximum Gasteiger partial charge on any atom is 0.411 e.